The molecule has 1 aliphatic rings. The third-order valence-electron chi connectivity index (χ3n) is 6.60. The molecule has 0 radical (unpaired) electrons. The number of likely N-dealkylation sites (tertiary alicyclic amines) is 1. The van der Waals surface area contributed by atoms with E-state index in [4.69, 9.17) is 11.6 Å². The predicted octanol–water partition coefficient (Wildman–Crippen LogP) is 4.12. The highest BCUT2D eigenvalue weighted by molar-refractivity contribution is 6.36. The molecular weight excluding hydrogens is 438 g/mol. The summed E-state index contributed by atoms with van der Waals surface area (Å²) in [6.07, 6.45) is 4.29. The minimum Gasteiger partial charge on any atom is -0.392 e. The number of aliphatic hydroxyl groups is 1. The van der Waals surface area contributed by atoms with E-state index >= 15 is 0 Å². The Balaban J connectivity index is 1.38. The molecule has 2 atom stereocenters. The number of aliphatic hydroxyl groups excluding tert-OH is 1. The molecule has 0 bridgehead atoms. The molecule has 1 saturated heterocycles. The van der Waals surface area contributed by atoms with Crippen molar-refractivity contribution >= 4 is 34.1 Å². The molecule has 2 N–H and O–H groups in total. The SMILES string of the molecule is Cc1nn(-c2ccnc(Nc3ccc4c(c3)c(Cl)c(C)n4C)n2)cc1CN1CC(O)CC1C. The van der Waals surface area contributed by atoms with Crippen LogP contribution in [0.5, 0.6) is 0 Å². The van der Waals surface area contributed by atoms with Crippen LogP contribution >= 0.6 is 11.6 Å². The van der Waals surface area contributed by atoms with Gasteiger partial charge in [-0.2, -0.15) is 10.1 Å². The van der Waals surface area contributed by atoms with Gasteiger partial charge in [-0.1, -0.05) is 11.6 Å². The molecular formula is C24H28ClN7O. The summed E-state index contributed by atoms with van der Waals surface area (Å²) in [6.45, 7) is 7.62. The van der Waals surface area contributed by atoms with E-state index in [1.165, 1.54) is 0 Å². The maximum atomic E-state index is 9.95. The van der Waals surface area contributed by atoms with Crippen molar-refractivity contribution < 1.29 is 5.11 Å². The summed E-state index contributed by atoms with van der Waals surface area (Å²) in [5, 5.41) is 19.6. The Morgan fingerprint density at radius 2 is 2.06 bits per heavy atom. The number of hydrogen-bond acceptors (Lipinski definition) is 6. The van der Waals surface area contributed by atoms with Crippen molar-refractivity contribution in [3.8, 4) is 5.82 Å². The maximum absolute atomic E-state index is 9.95. The summed E-state index contributed by atoms with van der Waals surface area (Å²) in [5.74, 6) is 1.17. The molecule has 1 aromatic carbocycles. The lowest BCUT2D eigenvalue weighted by atomic mass is 10.2. The van der Waals surface area contributed by atoms with E-state index in [1.54, 1.807) is 10.9 Å². The van der Waals surface area contributed by atoms with Crippen molar-refractivity contribution in [3.63, 3.8) is 0 Å². The zero-order chi connectivity index (χ0) is 23.3. The van der Waals surface area contributed by atoms with Gasteiger partial charge in [0, 0.05) is 72.5 Å². The minimum atomic E-state index is -0.250. The van der Waals surface area contributed by atoms with Crippen LogP contribution < -0.4 is 5.32 Å². The largest absolute Gasteiger partial charge is 0.392 e. The number of hydrogen-bond donors (Lipinski definition) is 2. The lowest BCUT2D eigenvalue weighted by molar-refractivity contribution is 0.173. The highest BCUT2D eigenvalue weighted by atomic mass is 35.5. The van der Waals surface area contributed by atoms with Crippen LogP contribution in [0.1, 0.15) is 30.3 Å². The third kappa shape index (κ3) is 4.10. The number of nitrogens with one attached hydrogen (secondary N) is 1. The van der Waals surface area contributed by atoms with E-state index in [-0.39, 0.29) is 6.10 Å². The van der Waals surface area contributed by atoms with E-state index in [9.17, 15) is 5.11 Å². The number of nitrogens with zero attached hydrogens (tertiary/aromatic N) is 6. The Morgan fingerprint density at radius 1 is 1.24 bits per heavy atom. The Bertz CT molecular complexity index is 1330. The number of rotatable bonds is 5. The summed E-state index contributed by atoms with van der Waals surface area (Å²) >= 11 is 6.51. The zero-order valence-corrected chi connectivity index (χ0v) is 20.0. The van der Waals surface area contributed by atoms with Gasteiger partial charge in [0.15, 0.2) is 5.82 Å². The molecule has 2 unspecified atom stereocenters. The van der Waals surface area contributed by atoms with Crippen molar-refractivity contribution in [1.82, 2.24) is 29.2 Å². The van der Waals surface area contributed by atoms with E-state index in [1.807, 2.05) is 51.4 Å². The minimum absolute atomic E-state index is 0.250. The normalized spacial score (nSPS) is 19.0. The van der Waals surface area contributed by atoms with Gasteiger partial charge in [-0.15, -0.1) is 0 Å². The van der Waals surface area contributed by atoms with Gasteiger partial charge in [0.05, 0.1) is 16.8 Å². The molecule has 0 aliphatic carbocycles. The second-order valence-corrected chi connectivity index (χ2v) is 9.28. The van der Waals surface area contributed by atoms with Crippen molar-refractivity contribution in [2.45, 2.75) is 45.9 Å². The molecule has 1 aliphatic heterocycles. The van der Waals surface area contributed by atoms with Crippen molar-refractivity contribution in [1.29, 1.82) is 0 Å². The summed E-state index contributed by atoms with van der Waals surface area (Å²) in [7, 11) is 2.01. The molecule has 4 heterocycles. The number of benzene rings is 1. The molecule has 4 aromatic rings. The fraction of sp³-hybridized carbons (Fsp3) is 0.375. The smallest absolute Gasteiger partial charge is 0.229 e. The number of fused-ring (bicyclic) bond motifs is 1. The van der Waals surface area contributed by atoms with E-state index in [0.717, 1.165) is 51.5 Å². The molecule has 172 valence electrons. The van der Waals surface area contributed by atoms with Crippen LogP contribution in [0.25, 0.3) is 16.7 Å². The Kier molecular flexibility index (Phi) is 5.60. The average Bonchev–Trinajstić information content (AvgIpc) is 3.39. The molecule has 1 fully saturated rings. The first kappa shape index (κ1) is 21.9. The van der Waals surface area contributed by atoms with Crippen LogP contribution in [-0.4, -0.2) is 53.0 Å². The van der Waals surface area contributed by atoms with Crippen LogP contribution in [0.15, 0.2) is 36.7 Å². The fourth-order valence-corrected chi connectivity index (χ4v) is 4.82. The molecule has 0 saturated carbocycles. The van der Waals surface area contributed by atoms with E-state index in [2.05, 4.69) is 36.8 Å². The first-order valence-corrected chi connectivity index (χ1v) is 11.5. The Labute approximate surface area is 197 Å². The number of anilines is 2. The van der Waals surface area contributed by atoms with Crippen molar-refractivity contribution in [3.05, 3.63) is 58.6 Å². The van der Waals surface area contributed by atoms with Gasteiger partial charge >= 0.3 is 0 Å². The monoisotopic (exact) mass is 465 g/mol. The molecule has 0 amide bonds. The number of halogens is 1. The van der Waals surface area contributed by atoms with Gasteiger partial charge in [0.1, 0.15) is 0 Å². The maximum Gasteiger partial charge on any atom is 0.229 e. The summed E-state index contributed by atoms with van der Waals surface area (Å²) < 4.78 is 3.87. The molecule has 0 spiro atoms. The van der Waals surface area contributed by atoms with Crippen molar-refractivity contribution in [2.24, 2.45) is 7.05 Å². The molecule has 33 heavy (non-hydrogen) atoms. The second-order valence-electron chi connectivity index (χ2n) is 8.91. The number of aryl methyl sites for hydroxylation is 2. The quantitative estimate of drug-likeness (QED) is 0.461. The summed E-state index contributed by atoms with van der Waals surface area (Å²) in [6, 6.07) is 8.25. The summed E-state index contributed by atoms with van der Waals surface area (Å²) in [4.78, 5) is 11.3. The van der Waals surface area contributed by atoms with E-state index in [0.29, 0.717) is 24.4 Å². The fourth-order valence-electron chi connectivity index (χ4n) is 4.55. The highest BCUT2D eigenvalue weighted by Crippen LogP contribution is 2.32. The van der Waals surface area contributed by atoms with Gasteiger partial charge in [-0.3, -0.25) is 4.90 Å². The lowest BCUT2D eigenvalue weighted by Crippen LogP contribution is -2.27. The zero-order valence-electron chi connectivity index (χ0n) is 19.2. The van der Waals surface area contributed by atoms with Gasteiger partial charge in [0.25, 0.3) is 0 Å². The molecule has 3 aromatic heterocycles. The van der Waals surface area contributed by atoms with Crippen LogP contribution in [-0.2, 0) is 13.6 Å². The van der Waals surface area contributed by atoms with Gasteiger partial charge in [-0.05, 0) is 45.4 Å². The topological polar surface area (TPSA) is 84.0 Å². The van der Waals surface area contributed by atoms with Crippen LogP contribution in [0, 0.1) is 13.8 Å². The van der Waals surface area contributed by atoms with Gasteiger partial charge in [0.2, 0.25) is 5.95 Å². The standard InChI is InChI=1S/C24H28ClN7O/c1-14-9-19(33)13-31(14)11-17-12-32(29-15(17)2)22-7-8-26-24(28-22)27-18-5-6-21-20(10-18)23(25)16(3)30(21)4/h5-8,10,12,14,19,33H,9,11,13H2,1-4H3,(H,26,27,28). The second kappa shape index (κ2) is 8.44. The lowest BCUT2D eigenvalue weighted by Gasteiger charge is -2.19. The first-order chi connectivity index (χ1) is 15.8. The Morgan fingerprint density at radius 3 is 2.82 bits per heavy atom. The van der Waals surface area contributed by atoms with Crippen LogP contribution in [0.3, 0.4) is 0 Å². The number of aromatic nitrogens is 5. The van der Waals surface area contributed by atoms with Gasteiger partial charge < -0.3 is 15.0 Å². The Hall–Kier alpha value is -2.94. The van der Waals surface area contributed by atoms with E-state index < -0.39 is 0 Å². The summed E-state index contributed by atoms with van der Waals surface area (Å²) in [5.41, 5.74) is 5.06. The molecule has 5 rings (SSSR count). The predicted molar refractivity (Wildman–Crippen MR) is 130 cm³/mol. The number of β-amino-alcohol motifs (C(OH)–C–C–N with tert-alkyl or cyclic N) is 1. The van der Waals surface area contributed by atoms with Crippen LogP contribution in [0.2, 0.25) is 5.02 Å². The van der Waals surface area contributed by atoms with Crippen molar-refractivity contribution in [2.75, 3.05) is 11.9 Å². The first-order valence-electron chi connectivity index (χ1n) is 11.1. The van der Waals surface area contributed by atoms with Gasteiger partial charge in [-0.25, -0.2) is 9.67 Å². The van der Waals surface area contributed by atoms with Crippen LogP contribution in [0.4, 0.5) is 11.6 Å². The third-order valence-corrected chi connectivity index (χ3v) is 7.08. The molecule has 8 nitrogen and oxygen atoms in total. The average molecular weight is 466 g/mol. The molecule has 9 heteroatoms. The highest BCUT2D eigenvalue weighted by Gasteiger charge is 2.28.